The Bertz CT molecular complexity index is 894. The number of halogens is 2. The quantitative estimate of drug-likeness (QED) is 0.745. The van der Waals surface area contributed by atoms with Gasteiger partial charge in [-0.25, -0.2) is 9.18 Å². The fourth-order valence-electron chi connectivity index (χ4n) is 3.04. The summed E-state index contributed by atoms with van der Waals surface area (Å²) in [6, 6.07) is 13.4. The third-order valence-corrected chi connectivity index (χ3v) is 4.79. The van der Waals surface area contributed by atoms with Gasteiger partial charge in [-0.3, -0.25) is 0 Å². The highest BCUT2D eigenvalue weighted by Crippen LogP contribution is 2.21. The minimum absolute atomic E-state index is 0.198. The monoisotopic (exact) mass is 417 g/mol. The first kappa shape index (κ1) is 21.1. The second-order valence-electron chi connectivity index (χ2n) is 8.13. The van der Waals surface area contributed by atoms with Crippen LogP contribution < -0.4 is 5.32 Å². The Morgan fingerprint density at radius 3 is 2.59 bits per heavy atom. The molecule has 7 heteroatoms. The summed E-state index contributed by atoms with van der Waals surface area (Å²) >= 11 is 6.30. The van der Waals surface area contributed by atoms with E-state index in [0.29, 0.717) is 24.5 Å². The van der Waals surface area contributed by atoms with Crippen molar-refractivity contribution in [2.45, 2.75) is 45.4 Å². The normalized spacial score (nSPS) is 16.2. The average molecular weight is 418 g/mol. The Balaban J connectivity index is 1.71. The predicted molar refractivity (Wildman–Crippen MR) is 113 cm³/mol. The molecule has 0 fully saturated rings. The molecule has 2 aromatic carbocycles. The van der Waals surface area contributed by atoms with Gasteiger partial charge in [-0.05, 0) is 50.1 Å². The predicted octanol–water partition coefficient (Wildman–Crippen LogP) is 4.98. The first-order chi connectivity index (χ1) is 13.7. The minimum atomic E-state index is -0.373. The Morgan fingerprint density at radius 1 is 1.24 bits per heavy atom. The summed E-state index contributed by atoms with van der Waals surface area (Å²) < 4.78 is 13.2. The number of benzene rings is 2. The van der Waals surface area contributed by atoms with Crippen molar-refractivity contribution in [2.24, 2.45) is 5.16 Å². The van der Waals surface area contributed by atoms with Gasteiger partial charge in [0.05, 0.1) is 12.3 Å². The van der Waals surface area contributed by atoms with Crippen molar-refractivity contribution in [1.82, 2.24) is 10.2 Å². The molecule has 1 atom stereocenters. The highest BCUT2D eigenvalue weighted by molar-refractivity contribution is 6.31. The van der Waals surface area contributed by atoms with E-state index in [9.17, 15) is 9.18 Å². The van der Waals surface area contributed by atoms with Crippen LogP contribution in [0.15, 0.2) is 53.7 Å². The van der Waals surface area contributed by atoms with E-state index in [4.69, 9.17) is 16.4 Å². The maximum absolute atomic E-state index is 13.2. The van der Waals surface area contributed by atoms with Crippen molar-refractivity contribution < 1.29 is 14.0 Å². The molecule has 0 unspecified atom stereocenters. The maximum Gasteiger partial charge on any atom is 0.318 e. The van der Waals surface area contributed by atoms with Crippen LogP contribution in [0.5, 0.6) is 0 Å². The zero-order valence-corrected chi connectivity index (χ0v) is 17.5. The van der Waals surface area contributed by atoms with Gasteiger partial charge < -0.3 is 15.1 Å². The summed E-state index contributed by atoms with van der Waals surface area (Å²) in [5.74, 6) is -0.297. The van der Waals surface area contributed by atoms with E-state index in [-0.39, 0.29) is 23.5 Å². The fourth-order valence-corrected chi connectivity index (χ4v) is 3.23. The van der Waals surface area contributed by atoms with E-state index in [1.54, 1.807) is 23.1 Å². The van der Waals surface area contributed by atoms with Crippen LogP contribution in [0.25, 0.3) is 0 Å². The van der Waals surface area contributed by atoms with Crippen LogP contribution in [0.2, 0.25) is 5.02 Å². The van der Waals surface area contributed by atoms with Gasteiger partial charge in [0.2, 0.25) is 0 Å². The third-order valence-electron chi connectivity index (χ3n) is 4.42. The average Bonchev–Trinajstić information content (AvgIpc) is 3.10. The Hall–Kier alpha value is -2.60. The number of urea groups is 1. The zero-order chi connectivity index (χ0) is 21.0. The third kappa shape index (κ3) is 5.94. The molecule has 0 saturated carbocycles. The van der Waals surface area contributed by atoms with Crippen molar-refractivity contribution in [1.29, 1.82) is 0 Å². The second-order valence-corrected chi connectivity index (χ2v) is 8.54. The van der Waals surface area contributed by atoms with Gasteiger partial charge in [0.25, 0.3) is 0 Å². The minimum Gasteiger partial charge on any atom is -0.390 e. The van der Waals surface area contributed by atoms with Gasteiger partial charge in [0.1, 0.15) is 5.82 Å². The van der Waals surface area contributed by atoms with Crippen molar-refractivity contribution in [3.63, 3.8) is 0 Å². The maximum atomic E-state index is 13.2. The number of hydrogen-bond donors (Lipinski definition) is 1. The molecular formula is C22H25ClFN3O2. The Kier molecular flexibility index (Phi) is 6.42. The molecule has 1 heterocycles. The summed E-state index contributed by atoms with van der Waals surface area (Å²) in [7, 11) is 0. The highest BCUT2D eigenvalue weighted by Gasteiger charge is 2.28. The van der Waals surface area contributed by atoms with Crippen LogP contribution in [0, 0.1) is 5.82 Å². The van der Waals surface area contributed by atoms with Gasteiger partial charge in [-0.2, -0.15) is 0 Å². The van der Waals surface area contributed by atoms with E-state index in [2.05, 4.69) is 10.5 Å². The molecule has 154 valence electrons. The summed E-state index contributed by atoms with van der Waals surface area (Å²) in [6.45, 7) is 6.50. The van der Waals surface area contributed by atoms with E-state index >= 15 is 0 Å². The number of oxime groups is 1. The SMILES string of the molecule is CC(C)(C)NC(=O)N(Cc1ccccc1Cl)C[C@H]1CC(c2ccc(F)cc2)=NO1. The lowest BCUT2D eigenvalue weighted by atomic mass is 10.0. The highest BCUT2D eigenvalue weighted by atomic mass is 35.5. The molecule has 29 heavy (non-hydrogen) atoms. The molecule has 0 bridgehead atoms. The zero-order valence-electron chi connectivity index (χ0n) is 16.8. The van der Waals surface area contributed by atoms with Gasteiger partial charge >= 0.3 is 6.03 Å². The molecule has 2 amide bonds. The molecule has 1 N–H and O–H groups in total. The number of rotatable bonds is 5. The van der Waals surface area contributed by atoms with Crippen molar-refractivity contribution >= 4 is 23.3 Å². The summed E-state index contributed by atoms with van der Waals surface area (Å²) in [4.78, 5) is 20.1. The molecule has 1 aliphatic heterocycles. The topological polar surface area (TPSA) is 53.9 Å². The number of carbonyl (C=O) groups is 1. The number of amides is 2. The van der Waals surface area contributed by atoms with E-state index in [1.807, 2.05) is 39.0 Å². The van der Waals surface area contributed by atoms with Gasteiger partial charge in [-0.1, -0.05) is 47.1 Å². The first-order valence-corrected chi connectivity index (χ1v) is 9.88. The van der Waals surface area contributed by atoms with Crippen LogP contribution in [0.1, 0.15) is 38.3 Å². The molecule has 0 aliphatic carbocycles. The summed E-state index contributed by atoms with van der Waals surface area (Å²) in [5, 5.41) is 7.74. The van der Waals surface area contributed by atoms with Gasteiger partial charge in [0, 0.05) is 23.5 Å². The van der Waals surface area contributed by atoms with Gasteiger partial charge in [0.15, 0.2) is 6.10 Å². The van der Waals surface area contributed by atoms with Crippen LogP contribution in [0.4, 0.5) is 9.18 Å². The largest absolute Gasteiger partial charge is 0.390 e. The lowest BCUT2D eigenvalue weighted by Crippen LogP contribution is -2.50. The van der Waals surface area contributed by atoms with Crippen LogP contribution >= 0.6 is 11.6 Å². The summed E-state index contributed by atoms with van der Waals surface area (Å²) in [5.41, 5.74) is 2.03. The Labute approximate surface area is 175 Å². The van der Waals surface area contributed by atoms with Crippen LogP contribution in [-0.2, 0) is 11.4 Å². The van der Waals surface area contributed by atoms with E-state index < -0.39 is 0 Å². The van der Waals surface area contributed by atoms with Crippen LogP contribution in [-0.4, -0.2) is 34.8 Å². The second kappa shape index (κ2) is 8.82. The lowest BCUT2D eigenvalue weighted by molar-refractivity contribution is 0.0580. The number of carbonyl (C=O) groups excluding carboxylic acids is 1. The van der Waals surface area contributed by atoms with Crippen molar-refractivity contribution in [3.8, 4) is 0 Å². The lowest BCUT2D eigenvalue weighted by Gasteiger charge is -2.30. The molecule has 0 spiro atoms. The van der Waals surface area contributed by atoms with Gasteiger partial charge in [-0.15, -0.1) is 0 Å². The molecule has 0 radical (unpaired) electrons. The molecule has 5 nitrogen and oxygen atoms in total. The van der Waals surface area contributed by atoms with E-state index in [1.165, 1.54) is 12.1 Å². The molecule has 0 aromatic heterocycles. The van der Waals surface area contributed by atoms with Crippen LogP contribution in [0.3, 0.4) is 0 Å². The molecular weight excluding hydrogens is 393 g/mol. The van der Waals surface area contributed by atoms with E-state index in [0.717, 1.165) is 16.8 Å². The molecule has 3 rings (SSSR count). The van der Waals surface area contributed by atoms with Crippen molar-refractivity contribution in [2.75, 3.05) is 6.54 Å². The molecule has 1 aliphatic rings. The van der Waals surface area contributed by atoms with Crippen molar-refractivity contribution in [3.05, 3.63) is 70.5 Å². The fraction of sp³-hybridized carbons (Fsp3) is 0.364. The number of hydrogen-bond acceptors (Lipinski definition) is 3. The number of nitrogens with one attached hydrogen (secondary N) is 1. The number of nitrogens with zero attached hydrogens (tertiary/aromatic N) is 2. The molecule has 2 aromatic rings. The first-order valence-electron chi connectivity index (χ1n) is 9.50. The summed E-state index contributed by atoms with van der Waals surface area (Å²) in [6.07, 6.45) is 0.247. The standard InChI is InChI=1S/C22H25ClFN3O2/c1-22(2,3)25-21(28)27(13-16-6-4-5-7-19(16)23)14-18-12-20(26-29-18)15-8-10-17(24)11-9-15/h4-11,18H,12-14H2,1-3H3,(H,25,28)/t18-/m1/s1. The smallest absolute Gasteiger partial charge is 0.318 e. The Morgan fingerprint density at radius 2 is 1.93 bits per heavy atom. The molecule has 0 saturated heterocycles.